The maximum Gasteiger partial charge on any atom is 0.311 e. The molecule has 0 spiro atoms. The number of ether oxygens (including phenoxy) is 1. The number of benzene rings is 1. The lowest BCUT2D eigenvalue weighted by Gasteiger charge is -2.09. The van der Waals surface area contributed by atoms with Gasteiger partial charge in [-0.3, -0.25) is 13.9 Å². The third-order valence-corrected chi connectivity index (χ3v) is 5.17. The molecule has 0 unspecified atom stereocenters. The molecule has 25 heavy (non-hydrogen) atoms. The van der Waals surface area contributed by atoms with Crippen molar-refractivity contribution in [1.29, 1.82) is 0 Å². The Morgan fingerprint density at radius 2 is 1.56 bits per heavy atom. The summed E-state index contributed by atoms with van der Waals surface area (Å²) in [5.41, 5.74) is 0. The first-order valence-electron chi connectivity index (χ1n) is 7.85. The van der Waals surface area contributed by atoms with E-state index in [0.717, 1.165) is 44.2 Å². The first-order valence-corrected chi connectivity index (χ1v) is 10.7. The first kappa shape index (κ1) is 21.6. The minimum Gasteiger partial charge on any atom is -0.425 e. The van der Waals surface area contributed by atoms with Crippen LogP contribution in [0.5, 0.6) is 5.75 Å². The third kappa shape index (κ3) is 7.51. The molecule has 0 aliphatic carbocycles. The van der Waals surface area contributed by atoms with Crippen LogP contribution in [-0.2, 0) is 25.0 Å². The van der Waals surface area contributed by atoms with Crippen molar-refractivity contribution < 1.29 is 35.5 Å². The predicted molar refractivity (Wildman–Crippen MR) is 89.7 cm³/mol. The van der Waals surface area contributed by atoms with Crippen LogP contribution >= 0.6 is 0 Å². The Balaban J connectivity index is 2.79. The van der Waals surface area contributed by atoms with E-state index in [1.54, 1.807) is 0 Å². The summed E-state index contributed by atoms with van der Waals surface area (Å²) in [6, 6.07) is 2.29. The Morgan fingerprint density at radius 1 is 0.960 bits per heavy atom. The zero-order chi connectivity index (χ0) is 19.1. The van der Waals surface area contributed by atoms with Crippen molar-refractivity contribution in [2.45, 2.75) is 61.7 Å². The molecule has 8 nitrogen and oxygen atoms in total. The highest BCUT2D eigenvalue weighted by molar-refractivity contribution is 7.86. The largest absolute Gasteiger partial charge is 0.425 e. The van der Waals surface area contributed by atoms with Gasteiger partial charge in [-0.15, -0.1) is 0 Å². The van der Waals surface area contributed by atoms with E-state index in [4.69, 9.17) is 9.29 Å². The summed E-state index contributed by atoms with van der Waals surface area (Å²) < 4.78 is 67.9. The van der Waals surface area contributed by atoms with Crippen LogP contribution in [0, 0.1) is 0 Å². The predicted octanol–water partition coefficient (Wildman–Crippen LogP) is 2.84. The monoisotopic (exact) mass is 394 g/mol. The number of hydrogen-bond acceptors (Lipinski definition) is 6. The highest BCUT2D eigenvalue weighted by atomic mass is 32.2. The molecule has 0 saturated heterocycles. The van der Waals surface area contributed by atoms with Gasteiger partial charge in [-0.25, -0.2) is 0 Å². The summed E-state index contributed by atoms with van der Waals surface area (Å²) in [6.07, 6.45) is 5.78. The molecule has 0 aliphatic heterocycles. The molecular formula is C15H22O8S2. The minimum atomic E-state index is -4.85. The van der Waals surface area contributed by atoms with E-state index in [9.17, 15) is 26.2 Å². The normalized spacial score (nSPS) is 12.1. The van der Waals surface area contributed by atoms with Crippen molar-refractivity contribution in [2.75, 3.05) is 0 Å². The summed E-state index contributed by atoms with van der Waals surface area (Å²) in [4.78, 5) is 10.2. The van der Waals surface area contributed by atoms with Gasteiger partial charge in [0.15, 0.2) is 5.75 Å². The second-order valence-electron chi connectivity index (χ2n) is 5.55. The van der Waals surface area contributed by atoms with E-state index in [1.807, 2.05) is 0 Å². The van der Waals surface area contributed by atoms with Crippen molar-refractivity contribution in [3.63, 3.8) is 0 Å². The Hall–Kier alpha value is -1.49. The topological polar surface area (TPSA) is 135 Å². The fourth-order valence-electron chi connectivity index (χ4n) is 2.16. The lowest BCUT2D eigenvalue weighted by Crippen LogP contribution is -2.12. The molecule has 0 saturated carbocycles. The van der Waals surface area contributed by atoms with E-state index in [0.29, 0.717) is 12.5 Å². The summed E-state index contributed by atoms with van der Waals surface area (Å²) in [7, 11) is -9.52. The van der Waals surface area contributed by atoms with Crippen molar-refractivity contribution >= 4 is 26.2 Å². The molecule has 0 bridgehead atoms. The first-order chi connectivity index (χ1) is 11.6. The van der Waals surface area contributed by atoms with Crippen LogP contribution in [0.15, 0.2) is 28.0 Å². The van der Waals surface area contributed by atoms with Gasteiger partial charge in [-0.05, 0) is 24.6 Å². The van der Waals surface area contributed by atoms with Crippen LogP contribution in [0.25, 0.3) is 0 Å². The number of hydrogen-bond donors (Lipinski definition) is 2. The molecule has 0 heterocycles. The summed E-state index contributed by atoms with van der Waals surface area (Å²) in [5.74, 6) is -1.19. The second-order valence-corrected chi connectivity index (χ2v) is 8.36. The Kier molecular flexibility index (Phi) is 8.00. The molecule has 0 atom stereocenters. The van der Waals surface area contributed by atoms with Crippen LogP contribution in [0.4, 0.5) is 0 Å². The molecule has 142 valence electrons. The standard InChI is InChI=1S/C15H22O8S2/c1-2-3-4-5-6-7-8-15(16)23-13-10-9-12(24(17,18)19)11-14(13)25(20,21)22/h9-11H,2-8H2,1H3,(H,17,18,19)(H,20,21,22). The minimum absolute atomic E-state index is 0.0666. The quantitative estimate of drug-likeness (QED) is 0.268. The Bertz CT molecular complexity index is 797. The lowest BCUT2D eigenvalue weighted by molar-refractivity contribution is -0.134. The second kappa shape index (κ2) is 9.27. The highest BCUT2D eigenvalue weighted by Gasteiger charge is 2.22. The molecular weight excluding hydrogens is 372 g/mol. The van der Waals surface area contributed by atoms with Crippen LogP contribution in [0.1, 0.15) is 51.9 Å². The summed E-state index contributed by atoms with van der Waals surface area (Å²) >= 11 is 0. The van der Waals surface area contributed by atoms with Gasteiger partial charge < -0.3 is 4.74 Å². The van der Waals surface area contributed by atoms with Crippen molar-refractivity contribution in [2.24, 2.45) is 0 Å². The maximum absolute atomic E-state index is 11.8. The van der Waals surface area contributed by atoms with Gasteiger partial charge in [0.05, 0.1) is 4.90 Å². The maximum atomic E-state index is 11.8. The van der Waals surface area contributed by atoms with E-state index < -0.39 is 41.7 Å². The molecule has 0 amide bonds. The summed E-state index contributed by atoms with van der Waals surface area (Å²) in [6.45, 7) is 2.09. The van der Waals surface area contributed by atoms with Crippen molar-refractivity contribution in [1.82, 2.24) is 0 Å². The summed E-state index contributed by atoms with van der Waals surface area (Å²) in [5, 5.41) is 0. The van der Waals surface area contributed by atoms with Crippen LogP contribution in [0.2, 0.25) is 0 Å². The molecule has 0 radical (unpaired) electrons. The fraction of sp³-hybridized carbons (Fsp3) is 0.533. The van der Waals surface area contributed by atoms with E-state index in [1.165, 1.54) is 0 Å². The van der Waals surface area contributed by atoms with Crippen LogP contribution in [0.3, 0.4) is 0 Å². The smallest absolute Gasteiger partial charge is 0.311 e. The van der Waals surface area contributed by atoms with Gasteiger partial charge in [-0.1, -0.05) is 39.0 Å². The molecule has 10 heteroatoms. The average Bonchev–Trinajstić information content (AvgIpc) is 2.49. The van der Waals surface area contributed by atoms with E-state index >= 15 is 0 Å². The molecule has 2 N–H and O–H groups in total. The SMILES string of the molecule is CCCCCCCCC(=O)Oc1ccc(S(=O)(=O)O)cc1S(=O)(=O)O. The van der Waals surface area contributed by atoms with Gasteiger partial charge in [0.2, 0.25) is 0 Å². The van der Waals surface area contributed by atoms with Gasteiger partial charge in [0, 0.05) is 6.42 Å². The van der Waals surface area contributed by atoms with Crippen molar-refractivity contribution in [3.8, 4) is 5.75 Å². The number of esters is 1. The van der Waals surface area contributed by atoms with Crippen LogP contribution < -0.4 is 4.74 Å². The number of carbonyl (C=O) groups excluding carboxylic acids is 1. The number of carbonyl (C=O) groups is 1. The van der Waals surface area contributed by atoms with Crippen molar-refractivity contribution in [3.05, 3.63) is 18.2 Å². The van der Waals surface area contributed by atoms with Gasteiger partial charge in [0.1, 0.15) is 4.90 Å². The van der Waals surface area contributed by atoms with Crippen LogP contribution in [-0.4, -0.2) is 31.9 Å². The highest BCUT2D eigenvalue weighted by Crippen LogP contribution is 2.27. The molecule has 0 aromatic heterocycles. The zero-order valence-electron chi connectivity index (χ0n) is 13.8. The fourth-order valence-corrected chi connectivity index (χ4v) is 3.38. The van der Waals surface area contributed by atoms with Gasteiger partial charge in [-0.2, -0.15) is 16.8 Å². The molecule has 0 fully saturated rings. The van der Waals surface area contributed by atoms with E-state index in [-0.39, 0.29) is 6.42 Å². The molecule has 0 aliphatic rings. The Labute approximate surface area is 147 Å². The van der Waals surface area contributed by atoms with Gasteiger partial charge in [0.25, 0.3) is 20.2 Å². The number of rotatable bonds is 10. The lowest BCUT2D eigenvalue weighted by atomic mass is 10.1. The number of unbranched alkanes of at least 4 members (excludes halogenated alkanes) is 5. The third-order valence-electron chi connectivity index (χ3n) is 3.45. The molecule has 1 rings (SSSR count). The molecule has 1 aromatic rings. The van der Waals surface area contributed by atoms with E-state index in [2.05, 4.69) is 6.92 Å². The molecule has 1 aromatic carbocycles. The average molecular weight is 394 g/mol. The zero-order valence-corrected chi connectivity index (χ0v) is 15.5. The van der Waals surface area contributed by atoms with Gasteiger partial charge >= 0.3 is 5.97 Å². The Morgan fingerprint density at radius 3 is 2.12 bits per heavy atom.